The number of hydrogen-bond acceptors (Lipinski definition) is 2. The minimum absolute atomic E-state index is 0.147. The van der Waals surface area contributed by atoms with Crippen LogP contribution in [-0.2, 0) is 4.79 Å². The second kappa shape index (κ2) is 4.61. The molecule has 4 heteroatoms. The molecule has 0 saturated carbocycles. The van der Waals surface area contributed by atoms with Crippen LogP contribution in [-0.4, -0.2) is 16.6 Å². The minimum Gasteiger partial charge on any atom is -0.480 e. The first-order valence-corrected chi connectivity index (χ1v) is 5.09. The van der Waals surface area contributed by atoms with Gasteiger partial charge in [0.25, 0.3) is 0 Å². The predicted molar refractivity (Wildman–Crippen MR) is 59.7 cm³/mol. The summed E-state index contributed by atoms with van der Waals surface area (Å²) in [6, 6.07) is 5.87. The molecule has 1 rings (SSSR count). The topological polar surface area (TPSA) is 49.3 Å². The van der Waals surface area contributed by atoms with Crippen LogP contribution in [0.2, 0.25) is 0 Å². The number of carboxylic acids is 1. The van der Waals surface area contributed by atoms with Crippen LogP contribution in [0.4, 0.5) is 4.39 Å². The molecule has 0 aromatic heterocycles. The second-order valence-electron chi connectivity index (χ2n) is 4.35. The molecule has 0 fully saturated rings. The van der Waals surface area contributed by atoms with E-state index in [2.05, 4.69) is 5.32 Å². The van der Waals surface area contributed by atoms with Gasteiger partial charge in [-0.2, -0.15) is 0 Å². The first kappa shape index (κ1) is 12.6. The van der Waals surface area contributed by atoms with Gasteiger partial charge >= 0.3 is 5.97 Å². The Morgan fingerprint density at radius 3 is 2.31 bits per heavy atom. The number of rotatable bonds is 4. The largest absolute Gasteiger partial charge is 0.480 e. The first-order chi connectivity index (χ1) is 7.33. The molecule has 0 radical (unpaired) electrons. The van der Waals surface area contributed by atoms with E-state index in [1.807, 2.05) is 6.92 Å². The van der Waals surface area contributed by atoms with Crippen LogP contribution in [0, 0.1) is 5.82 Å². The molecule has 3 nitrogen and oxygen atoms in total. The van der Waals surface area contributed by atoms with E-state index in [4.69, 9.17) is 5.11 Å². The Kier molecular flexibility index (Phi) is 3.65. The lowest BCUT2D eigenvalue weighted by Crippen LogP contribution is -2.47. The summed E-state index contributed by atoms with van der Waals surface area (Å²) in [5.74, 6) is -1.21. The third-order valence-electron chi connectivity index (χ3n) is 2.48. The predicted octanol–water partition coefficient (Wildman–Crippen LogP) is 2.34. The van der Waals surface area contributed by atoms with E-state index >= 15 is 0 Å². The standard InChI is InChI=1S/C12H16FNO2/c1-8(14-12(2,3)11(15)16)9-4-6-10(13)7-5-9/h4-8,14H,1-3H3,(H,15,16). The summed E-state index contributed by atoms with van der Waals surface area (Å²) in [6.45, 7) is 5.03. The molecule has 0 heterocycles. The molecular formula is C12H16FNO2. The first-order valence-electron chi connectivity index (χ1n) is 5.09. The number of halogens is 1. The van der Waals surface area contributed by atoms with Crippen molar-refractivity contribution in [2.75, 3.05) is 0 Å². The fraction of sp³-hybridized carbons (Fsp3) is 0.417. The molecule has 1 unspecified atom stereocenters. The Bertz CT molecular complexity index is 373. The van der Waals surface area contributed by atoms with Crippen LogP contribution in [0.15, 0.2) is 24.3 Å². The summed E-state index contributed by atoms with van der Waals surface area (Å²) in [6.07, 6.45) is 0. The van der Waals surface area contributed by atoms with Crippen LogP contribution < -0.4 is 5.32 Å². The van der Waals surface area contributed by atoms with Gasteiger partial charge in [-0.25, -0.2) is 4.39 Å². The number of carboxylic acid groups (broad SMARTS) is 1. The van der Waals surface area contributed by atoms with E-state index < -0.39 is 11.5 Å². The molecule has 2 N–H and O–H groups in total. The number of aliphatic carboxylic acids is 1. The second-order valence-corrected chi connectivity index (χ2v) is 4.35. The highest BCUT2D eigenvalue weighted by molar-refractivity contribution is 5.77. The van der Waals surface area contributed by atoms with Crippen molar-refractivity contribution in [2.24, 2.45) is 0 Å². The highest BCUT2D eigenvalue weighted by Gasteiger charge is 2.28. The van der Waals surface area contributed by atoms with E-state index in [0.29, 0.717) is 0 Å². The molecule has 0 aliphatic heterocycles. The van der Waals surface area contributed by atoms with Crippen molar-refractivity contribution in [3.63, 3.8) is 0 Å². The molecule has 16 heavy (non-hydrogen) atoms. The Balaban J connectivity index is 2.76. The molecule has 88 valence electrons. The highest BCUT2D eigenvalue weighted by atomic mass is 19.1. The molecular weight excluding hydrogens is 209 g/mol. The van der Waals surface area contributed by atoms with Crippen LogP contribution >= 0.6 is 0 Å². The number of benzene rings is 1. The summed E-state index contributed by atoms with van der Waals surface area (Å²) in [7, 11) is 0. The van der Waals surface area contributed by atoms with Gasteiger partial charge in [0.1, 0.15) is 11.4 Å². The quantitative estimate of drug-likeness (QED) is 0.826. The van der Waals surface area contributed by atoms with Crippen molar-refractivity contribution in [3.05, 3.63) is 35.6 Å². The van der Waals surface area contributed by atoms with Crippen LogP contribution in [0.1, 0.15) is 32.4 Å². The van der Waals surface area contributed by atoms with Crippen molar-refractivity contribution in [1.82, 2.24) is 5.32 Å². The minimum atomic E-state index is -1.01. The molecule has 1 aromatic rings. The zero-order valence-corrected chi connectivity index (χ0v) is 9.62. The molecule has 0 aliphatic carbocycles. The van der Waals surface area contributed by atoms with Gasteiger partial charge in [-0.1, -0.05) is 12.1 Å². The van der Waals surface area contributed by atoms with E-state index in [9.17, 15) is 9.18 Å². The third-order valence-corrected chi connectivity index (χ3v) is 2.48. The van der Waals surface area contributed by atoms with Crippen molar-refractivity contribution >= 4 is 5.97 Å². The number of carbonyl (C=O) groups is 1. The summed E-state index contributed by atoms with van der Waals surface area (Å²) < 4.78 is 12.7. The summed E-state index contributed by atoms with van der Waals surface area (Å²) in [5.41, 5.74) is -0.149. The highest BCUT2D eigenvalue weighted by Crippen LogP contribution is 2.16. The maximum absolute atomic E-state index is 12.7. The average molecular weight is 225 g/mol. The third kappa shape index (κ3) is 3.03. The van der Waals surface area contributed by atoms with Gasteiger partial charge in [-0.05, 0) is 38.5 Å². The monoisotopic (exact) mass is 225 g/mol. The van der Waals surface area contributed by atoms with Gasteiger partial charge < -0.3 is 5.11 Å². The van der Waals surface area contributed by atoms with Crippen LogP contribution in [0.3, 0.4) is 0 Å². The number of nitrogens with one attached hydrogen (secondary N) is 1. The van der Waals surface area contributed by atoms with Gasteiger partial charge in [0.15, 0.2) is 0 Å². The Morgan fingerprint density at radius 2 is 1.88 bits per heavy atom. The Morgan fingerprint density at radius 1 is 1.38 bits per heavy atom. The zero-order valence-electron chi connectivity index (χ0n) is 9.62. The van der Waals surface area contributed by atoms with Crippen molar-refractivity contribution in [3.8, 4) is 0 Å². The average Bonchev–Trinajstić information content (AvgIpc) is 2.17. The van der Waals surface area contributed by atoms with Gasteiger partial charge in [0.05, 0.1) is 0 Å². The lowest BCUT2D eigenvalue weighted by atomic mass is 10.0. The molecule has 0 aliphatic rings. The molecule has 0 spiro atoms. The van der Waals surface area contributed by atoms with Crippen LogP contribution in [0.25, 0.3) is 0 Å². The summed E-state index contributed by atoms with van der Waals surface area (Å²) in [5, 5.41) is 11.9. The number of hydrogen-bond donors (Lipinski definition) is 2. The van der Waals surface area contributed by atoms with E-state index in [1.165, 1.54) is 12.1 Å². The SMILES string of the molecule is CC(NC(C)(C)C(=O)O)c1ccc(F)cc1. The lowest BCUT2D eigenvalue weighted by Gasteiger charge is -2.26. The molecule has 0 saturated heterocycles. The maximum atomic E-state index is 12.7. The maximum Gasteiger partial charge on any atom is 0.323 e. The van der Waals surface area contributed by atoms with E-state index in [0.717, 1.165) is 5.56 Å². The zero-order chi connectivity index (χ0) is 12.3. The van der Waals surface area contributed by atoms with E-state index in [1.54, 1.807) is 26.0 Å². The lowest BCUT2D eigenvalue weighted by molar-refractivity contribution is -0.143. The molecule has 1 atom stereocenters. The van der Waals surface area contributed by atoms with Gasteiger partial charge in [0, 0.05) is 6.04 Å². The smallest absolute Gasteiger partial charge is 0.323 e. The fourth-order valence-electron chi connectivity index (χ4n) is 1.44. The summed E-state index contributed by atoms with van der Waals surface area (Å²) >= 11 is 0. The molecule has 1 aromatic carbocycles. The van der Waals surface area contributed by atoms with Gasteiger partial charge in [-0.15, -0.1) is 0 Å². The fourth-order valence-corrected chi connectivity index (χ4v) is 1.44. The van der Waals surface area contributed by atoms with Crippen molar-refractivity contribution in [2.45, 2.75) is 32.4 Å². The Labute approximate surface area is 94.3 Å². The molecule has 0 amide bonds. The van der Waals surface area contributed by atoms with Gasteiger partial charge in [0.2, 0.25) is 0 Å². The van der Waals surface area contributed by atoms with Crippen LogP contribution in [0.5, 0.6) is 0 Å². The summed E-state index contributed by atoms with van der Waals surface area (Å²) in [4.78, 5) is 10.9. The normalized spacial score (nSPS) is 13.5. The van der Waals surface area contributed by atoms with E-state index in [-0.39, 0.29) is 11.9 Å². The Hall–Kier alpha value is -1.42. The van der Waals surface area contributed by atoms with Crippen molar-refractivity contribution < 1.29 is 14.3 Å². The molecule has 0 bridgehead atoms. The van der Waals surface area contributed by atoms with Crippen molar-refractivity contribution in [1.29, 1.82) is 0 Å². The van der Waals surface area contributed by atoms with Gasteiger partial charge in [-0.3, -0.25) is 10.1 Å².